The SMILES string of the molecule is Cc1cc(-c2cc(CCN)[nH]n2)ccc1F. The van der Waals surface area contributed by atoms with Crippen LogP contribution >= 0.6 is 0 Å². The van der Waals surface area contributed by atoms with Crippen LogP contribution in [0.5, 0.6) is 0 Å². The summed E-state index contributed by atoms with van der Waals surface area (Å²) in [4.78, 5) is 0. The molecule has 0 saturated carbocycles. The molecule has 1 heterocycles. The zero-order valence-electron chi connectivity index (χ0n) is 9.13. The topological polar surface area (TPSA) is 54.7 Å². The van der Waals surface area contributed by atoms with E-state index in [4.69, 9.17) is 5.73 Å². The molecule has 84 valence electrons. The Morgan fingerprint density at radius 2 is 2.19 bits per heavy atom. The molecular weight excluding hydrogens is 205 g/mol. The lowest BCUT2D eigenvalue weighted by Gasteiger charge is -1.99. The number of aryl methyl sites for hydroxylation is 1. The summed E-state index contributed by atoms with van der Waals surface area (Å²) in [7, 11) is 0. The third-order valence-corrected chi connectivity index (χ3v) is 2.50. The van der Waals surface area contributed by atoms with Crippen molar-refractivity contribution < 1.29 is 4.39 Å². The molecule has 0 aliphatic carbocycles. The predicted molar refractivity (Wildman–Crippen MR) is 61.5 cm³/mol. The van der Waals surface area contributed by atoms with E-state index in [9.17, 15) is 4.39 Å². The molecule has 0 bridgehead atoms. The lowest BCUT2D eigenvalue weighted by atomic mass is 10.1. The number of nitrogens with one attached hydrogen (secondary N) is 1. The minimum Gasteiger partial charge on any atom is -0.330 e. The highest BCUT2D eigenvalue weighted by Crippen LogP contribution is 2.20. The van der Waals surface area contributed by atoms with Crippen LogP contribution in [0.4, 0.5) is 4.39 Å². The van der Waals surface area contributed by atoms with Crippen molar-refractivity contribution >= 4 is 0 Å². The van der Waals surface area contributed by atoms with Crippen LogP contribution in [0.1, 0.15) is 11.3 Å². The molecule has 1 aromatic heterocycles. The Morgan fingerprint density at radius 1 is 1.38 bits per heavy atom. The van der Waals surface area contributed by atoms with Gasteiger partial charge in [-0.25, -0.2) is 4.39 Å². The van der Waals surface area contributed by atoms with Crippen molar-refractivity contribution in [2.45, 2.75) is 13.3 Å². The number of aromatic nitrogens is 2. The summed E-state index contributed by atoms with van der Waals surface area (Å²) in [5.41, 5.74) is 8.82. The summed E-state index contributed by atoms with van der Waals surface area (Å²) < 4.78 is 13.1. The first kappa shape index (κ1) is 10.8. The van der Waals surface area contributed by atoms with Gasteiger partial charge in [0.15, 0.2) is 0 Å². The van der Waals surface area contributed by atoms with Crippen LogP contribution in [0, 0.1) is 12.7 Å². The first-order valence-electron chi connectivity index (χ1n) is 5.21. The molecule has 2 aromatic rings. The van der Waals surface area contributed by atoms with Gasteiger partial charge in [-0.15, -0.1) is 0 Å². The van der Waals surface area contributed by atoms with Crippen LogP contribution in [0.25, 0.3) is 11.3 Å². The number of hydrogen-bond donors (Lipinski definition) is 2. The summed E-state index contributed by atoms with van der Waals surface area (Å²) in [6.45, 7) is 2.33. The molecule has 0 aliphatic heterocycles. The number of benzene rings is 1. The van der Waals surface area contributed by atoms with Gasteiger partial charge in [-0.3, -0.25) is 5.10 Å². The third kappa shape index (κ3) is 2.12. The Morgan fingerprint density at radius 3 is 2.88 bits per heavy atom. The molecule has 0 radical (unpaired) electrons. The molecule has 3 N–H and O–H groups in total. The van der Waals surface area contributed by atoms with Crippen molar-refractivity contribution in [2.75, 3.05) is 6.54 Å². The number of hydrogen-bond acceptors (Lipinski definition) is 2. The van der Waals surface area contributed by atoms with Gasteiger partial charge in [-0.05, 0) is 43.3 Å². The molecule has 3 nitrogen and oxygen atoms in total. The minimum atomic E-state index is -0.193. The quantitative estimate of drug-likeness (QED) is 0.829. The van der Waals surface area contributed by atoms with E-state index in [0.29, 0.717) is 12.1 Å². The number of nitrogens with two attached hydrogens (primary N) is 1. The van der Waals surface area contributed by atoms with Gasteiger partial charge >= 0.3 is 0 Å². The highest BCUT2D eigenvalue weighted by molar-refractivity contribution is 5.60. The lowest BCUT2D eigenvalue weighted by molar-refractivity contribution is 0.619. The molecule has 2 rings (SSSR count). The highest BCUT2D eigenvalue weighted by Gasteiger charge is 2.05. The number of nitrogens with zero attached hydrogens (tertiary/aromatic N) is 1. The van der Waals surface area contributed by atoms with Crippen molar-refractivity contribution in [1.82, 2.24) is 10.2 Å². The van der Waals surface area contributed by atoms with Crippen LogP contribution in [0.2, 0.25) is 0 Å². The van der Waals surface area contributed by atoms with Crippen LogP contribution in [0.15, 0.2) is 24.3 Å². The van der Waals surface area contributed by atoms with Crippen LogP contribution in [-0.2, 0) is 6.42 Å². The Balaban J connectivity index is 2.31. The maximum absolute atomic E-state index is 13.1. The molecule has 0 aliphatic rings. The van der Waals surface area contributed by atoms with E-state index in [-0.39, 0.29) is 5.82 Å². The molecule has 0 saturated heterocycles. The Labute approximate surface area is 93.5 Å². The van der Waals surface area contributed by atoms with Gasteiger partial charge in [0, 0.05) is 17.7 Å². The standard InChI is InChI=1S/C12H14FN3/c1-8-6-9(2-3-11(8)13)12-7-10(4-5-14)15-16-12/h2-3,6-7H,4-5,14H2,1H3,(H,15,16). The van der Waals surface area contributed by atoms with Gasteiger partial charge in [0.2, 0.25) is 0 Å². The zero-order valence-corrected chi connectivity index (χ0v) is 9.13. The first-order chi connectivity index (χ1) is 7.70. The monoisotopic (exact) mass is 219 g/mol. The molecule has 4 heteroatoms. The normalized spacial score (nSPS) is 10.7. The van der Waals surface area contributed by atoms with E-state index in [1.807, 2.05) is 6.07 Å². The number of H-pyrrole nitrogens is 1. The molecule has 0 amide bonds. The van der Waals surface area contributed by atoms with Gasteiger partial charge in [0.05, 0.1) is 5.69 Å². The van der Waals surface area contributed by atoms with E-state index in [0.717, 1.165) is 23.4 Å². The summed E-state index contributed by atoms with van der Waals surface area (Å²) in [6, 6.07) is 6.92. The maximum Gasteiger partial charge on any atom is 0.126 e. The summed E-state index contributed by atoms with van der Waals surface area (Å²) >= 11 is 0. The van der Waals surface area contributed by atoms with E-state index in [1.165, 1.54) is 6.07 Å². The number of halogens is 1. The molecule has 0 spiro atoms. The van der Waals surface area contributed by atoms with Gasteiger partial charge in [-0.1, -0.05) is 0 Å². The second-order valence-electron chi connectivity index (χ2n) is 3.78. The first-order valence-corrected chi connectivity index (χ1v) is 5.21. The largest absolute Gasteiger partial charge is 0.330 e. The van der Waals surface area contributed by atoms with Crippen molar-refractivity contribution in [3.8, 4) is 11.3 Å². The second-order valence-corrected chi connectivity index (χ2v) is 3.78. The van der Waals surface area contributed by atoms with Crippen molar-refractivity contribution in [3.63, 3.8) is 0 Å². The van der Waals surface area contributed by atoms with E-state index >= 15 is 0 Å². The Bertz CT molecular complexity index is 491. The predicted octanol–water partition coefficient (Wildman–Crippen LogP) is 2.03. The van der Waals surface area contributed by atoms with E-state index in [2.05, 4.69) is 10.2 Å². The highest BCUT2D eigenvalue weighted by atomic mass is 19.1. The average Bonchev–Trinajstić information content (AvgIpc) is 2.71. The van der Waals surface area contributed by atoms with Gasteiger partial charge < -0.3 is 5.73 Å². The third-order valence-electron chi connectivity index (χ3n) is 2.50. The molecule has 0 unspecified atom stereocenters. The molecule has 16 heavy (non-hydrogen) atoms. The molecule has 1 aromatic carbocycles. The Hall–Kier alpha value is -1.68. The number of rotatable bonds is 3. The van der Waals surface area contributed by atoms with E-state index in [1.54, 1.807) is 19.1 Å². The summed E-state index contributed by atoms with van der Waals surface area (Å²) in [5.74, 6) is -0.193. The van der Waals surface area contributed by atoms with Crippen molar-refractivity contribution in [3.05, 3.63) is 41.3 Å². The summed E-state index contributed by atoms with van der Waals surface area (Å²) in [5, 5.41) is 7.09. The fraction of sp³-hybridized carbons (Fsp3) is 0.250. The second kappa shape index (κ2) is 4.45. The fourth-order valence-electron chi connectivity index (χ4n) is 1.60. The van der Waals surface area contributed by atoms with Crippen LogP contribution in [-0.4, -0.2) is 16.7 Å². The van der Waals surface area contributed by atoms with Gasteiger partial charge in [-0.2, -0.15) is 5.10 Å². The van der Waals surface area contributed by atoms with Crippen molar-refractivity contribution in [2.24, 2.45) is 5.73 Å². The lowest BCUT2D eigenvalue weighted by Crippen LogP contribution is -2.02. The zero-order chi connectivity index (χ0) is 11.5. The Kier molecular flexibility index (Phi) is 3.01. The van der Waals surface area contributed by atoms with Crippen LogP contribution < -0.4 is 5.73 Å². The van der Waals surface area contributed by atoms with Crippen molar-refractivity contribution in [1.29, 1.82) is 0 Å². The smallest absolute Gasteiger partial charge is 0.126 e. The fourth-order valence-corrected chi connectivity index (χ4v) is 1.60. The average molecular weight is 219 g/mol. The molecule has 0 atom stereocenters. The maximum atomic E-state index is 13.1. The minimum absolute atomic E-state index is 0.193. The van der Waals surface area contributed by atoms with E-state index < -0.39 is 0 Å². The van der Waals surface area contributed by atoms with Gasteiger partial charge in [0.1, 0.15) is 5.82 Å². The summed E-state index contributed by atoms with van der Waals surface area (Å²) in [6.07, 6.45) is 0.771. The molecular formula is C12H14FN3. The number of aromatic amines is 1. The molecule has 0 fully saturated rings. The van der Waals surface area contributed by atoms with Crippen LogP contribution in [0.3, 0.4) is 0 Å². The van der Waals surface area contributed by atoms with Gasteiger partial charge in [0.25, 0.3) is 0 Å².